The number of esters is 1. The summed E-state index contributed by atoms with van der Waals surface area (Å²) in [6.45, 7) is -1.05. The van der Waals surface area contributed by atoms with Crippen LogP contribution >= 0.6 is 0 Å². The number of primary sulfonamides is 1. The number of nitrogens with two attached hydrogens (primary N) is 1. The number of ether oxygens (including phenoxy) is 2. The number of nitrogens with one attached hydrogen (secondary N) is 1. The topological polar surface area (TPSA) is 125 Å². The van der Waals surface area contributed by atoms with Crippen LogP contribution in [0.5, 0.6) is 5.75 Å². The summed E-state index contributed by atoms with van der Waals surface area (Å²) >= 11 is 0. The molecular formula is C19H19F3N2O6S. The van der Waals surface area contributed by atoms with Crippen molar-refractivity contribution < 1.29 is 40.7 Å². The van der Waals surface area contributed by atoms with E-state index in [1.54, 1.807) is 12.1 Å². The van der Waals surface area contributed by atoms with Crippen LogP contribution in [0.3, 0.4) is 0 Å². The van der Waals surface area contributed by atoms with Crippen LogP contribution < -0.4 is 15.2 Å². The average Bonchev–Trinajstić information content (AvgIpc) is 2.70. The largest absolute Gasteiger partial charge is 0.482 e. The molecule has 0 heterocycles. The third-order valence-electron chi connectivity index (χ3n) is 3.87. The summed E-state index contributed by atoms with van der Waals surface area (Å²) in [5, 5.41) is 7.51. The third-order valence-corrected chi connectivity index (χ3v) is 4.80. The first-order valence-corrected chi connectivity index (χ1v) is 10.3. The SMILES string of the molecule is NS(=O)(=O)c1ccc(CCNC(=O)COC(=O)COc2cccc(C(F)(F)F)c2)cc1. The minimum Gasteiger partial charge on any atom is -0.482 e. The van der Waals surface area contributed by atoms with E-state index in [0.717, 1.165) is 23.8 Å². The summed E-state index contributed by atoms with van der Waals surface area (Å²) in [7, 11) is -3.78. The summed E-state index contributed by atoms with van der Waals surface area (Å²) in [5.74, 6) is -1.68. The van der Waals surface area contributed by atoms with E-state index < -0.39 is 46.9 Å². The van der Waals surface area contributed by atoms with Crippen LogP contribution in [0.4, 0.5) is 13.2 Å². The number of hydrogen-bond acceptors (Lipinski definition) is 6. The Labute approximate surface area is 176 Å². The molecule has 1 amide bonds. The van der Waals surface area contributed by atoms with Gasteiger partial charge in [-0.15, -0.1) is 0 Å². The number of carbonyl (C=O) groups is 2. The molecule has 168 valence electrons. The number of hydrogen-bond donors (Lipinski definition) is 2. The molecular weight excluding hydrogens is 441 g/mol. The second-order valence-corrected chi connectivity index (χ2v) is 7.83. The van der Waals surface area contributed by atoms with E-state index in [9.17, 15) is 31.2 Å². The van der Waals surface area contributed by atoms with Crippen molar-refractivity contribution in [3.05, 3.63) is 59.7 Å². The summed E-state index contributed by atoms with van der Waals surface area (Å²) < 4.78 is 69.9. The van der Waals surface area contributed by atoms with Gasteiger partial charge in [0.1, 0.15) is 5.75 Å². The summed E-state index contributed by atoms with van der Waals surface area (Å²) in [5.41, 5.74) is -0.170. The number of carbonyl (C=O) groups excluding carboxylic acids is 2. The Bertz CT molecular complexity index is 1020. The van der Waals surface area contributed by atoms with E-state index in [-0.39, 0.29) is 17.2 Å². The molecule has 0 saturated heterocycles. The van der Waals surface area contributed by atoms with Crippen molar-refractivity contribution in [3.8, 4) is 5.75 Å². The van der Waals surface area contributed by atoms with E-state index in [0.29, 0.717) is 6.42 Å². The van der Waals surface area contributed by atoms with Crippen molar-refractivity contribution >= 4 is 21.9 Å². The molecule has 0 atom stereocenters. The lowest BCUT2D eigenvalue weighted by molar-refractivity contribution is -0.150. The smallest absolute Gasteiger partial charge is 0.416 e. The number of benzene rings is 2. The van der Waals surface area contributed by atoms with Crippen molar-refractivity contribution in [2.75, 3.05) is 19.8 Å². The quantitative estimate of drug-likeness (QED) is 0.548. The molecule has 0 spiro atoms. The molecule has 0 radical (unpaired) electrons. The second-order valence-electron chi connectivity index (χ2n) is 6.26. The van der Waals surface area contributed by atoms with E-state index >= 15 is 0 Å². The van der Waals surface area contributed by atoms with Gasteiger partial charge in [-0.3, -0.25) is 4.79 Å². The van der Waals surface area contributed by atoms with Gasteiger partial charge in [-0.2, -0.15) is 13.2 Å². The Kier molecular flexibility index (Phi) is 8.00. The van der Waals surface area contributed by atoms with E-state index in [1.807, 2.05) is 0 Å². The molecule has 0 bridgehead atoms. The number of amides is 1. The average molecular weight is 460 g/mol. The van der Waals surface area contributed by atoms with Gasteiger partial charge in [-0.1, -0.05) is 18.2 Å². The maximum absolute atomic E-state index is 12.6. The summed E-state index contributed by atoms with van der Waals surface area (Å²) in [6, 6.07) is 9.80. The Morgan fingerprint density at radius 1 is 1.03 bits per heavy atom. The maximum Gasteiger partial charge on any atom is 0.416 e. The van der Waals surface area contributed by atoms with Gasteiger partial charge < -0.3 is 14.8 Å². The number of sulfonamides is 1. The monoisotopic (exact) mass is 460 g/mol. The molecule has 0 unspecified atom stereocenters. The fourth-order valence-corrected chi connectivity index (χ4v) is 2.85. The molecule has 0 saturated carbocycles. The van der Waals surface area contributed by atoms with E-state index in [2.05, 4.69) is 5.32 Å². The normalized spacial score (nSPS) is 11.6. The maximum atomic E-state index is 12.6. The van der Waals surface area contributed by atoms with Crippen molar-refractivity contribution in [3.63, 3.8) is 0 Å². The van der Waals surface area contributed by atoms with Gasteiger partial charge in [0.05, 0.1) is 10.5 Å². The molecule has 0 aliphatic heterocycles. The van der Waals surface area contributed by atoms with Gasteiger partial charge in [-0.05, 0) is 42.3 Å². The standard InChI is InChI=1S/C19H19F3N2O6S/c20-19(21,22)14-2-1-3-15(10-14)29-12-18(26)30-11-17(25)24-9-8-13-4-6-16(7-5-13)31(23,27)28/h1-7,10H,8-9,11-12H2,(H,24,25)(H2,23,27,28). The number of halogens is 3. The van der Waals surface area contributed by atoms with Crippen LogP contribution in [0, 0.1) is 0 Å². The summed E-state index contributed by atoms with van der Waals surface area (Å²) in [4.78, 5) is 23.3. The van der Waals surface area contributed by atoms with Crippen molar-refractivity contribution in [1.29, 1.82) is 0 Å². The first-order chi connectivity index (χ1) is 14.4. The zero-order chi connectivity index (χ0) is 23.1. The predicted octanol–water partition coefficient (Wildman–Crippen LogP) is 1.63. The van der Waals surface area contributed by atoms with Crippen molar-refractivity contribution in [1.82, 2.24) is 5.32 Å². The van der Waals surface area contributed by atoms with Gasteiger partial charge in [-0.25, -0.2) is 18.4 Å². The van der Waals surface area contributed by atoms with Crippen LogP contribution in [0.25, 0.3) is 0 Å². The minimum atomic E-state index is -4.54. The Hall–Kier alpha value is -3.12. The highest BCUT2D eigenvalue weighted by Gasteiger charge is 2.30. The third kappa shape index (κ3) is 8.26. The zero-order valence-electron chi connectivity index (χ0n) is 16.0. The molecule has 3 N–H and O–H groups in total. The van der Waals surface area contributed by atoms with Crippen molar-refractivity contribution in [2.24, 2.45) is 5.14 Å². The Morgan fingerprint density at radius 2 is 1.71 bits per heavy atom. The second kappa shape index (κ2) is 10.3. The molecule has 0 aliphatic carbocycles. The molecule has 2 rings (SSSR count). The molecule has 2 aromatic carbocycles. The van der Waals surface area contributed by atoms with Gasteiger partial charge in [0, 0.05) is 6.54 Å². The molecule has 8 nitrogen and oxygen atoms in total. The van der Waals surface area contributed by atoms with Crippen LogP contribution in [0.1, 0.15) is 11.1 Å². The van der Waals surface area contributed by atoms with Crippen LogP contribution in [-0.2, 0) is 36.9 Å². The molecule has 12 heteroatoms. The van der Waals surface area contributed by atoms with E-state index in [4.69, 9.17) is 14.6 Å². The predicted molar refractivity (Wildman–Crippen MR) is 102 cm³/mol. The fourth-order valence-electron chi connectivity index (χ4n) is 2.34. The molecule has 0 fully saturated rings. The van der Waals surface area contributed by atoms with Crippen LogP contribution in [0.15, 0.2) is 53.4 Å². The lowest BCUT2D eigenvalue weighted by Crippen LogP contribution is -2.31. The van der Waals surface area contributed by atoms with Crippen LogP contribution in [0.2, 0.25) is 0 Å². The lowest BCUT2D eigenvalue weighted by atomic mass is 10.1. The van der Waals surface area contributed by atoms with Crippen LogP contribution in [-0.4, -0.2) is 40.1 Å². The summed E-state index contributed by atoms with van der Waals surface area (Å²) in [6.07, 6.45) is -4.15. The van der Waals surface area contributed by atoms with Gasteiger partial charge in [0.25, 0.3) is 5.91 Å². The van der Waals surface area contributed by atoms with Crippen molar-refractivity contribution in [2.45, 2.75) is 17.5 Å². The lowest BCUT2D eigenvalue weighted by Gasteiger charge is -2.10. The van der Waals surface area contributed by atoms with E-state index in [1.165, 1.54) is 18.2 Å². The Morgan fingerprint density at radius 3 is 2.32 bits per heavy atom. The van der Waals surface area contributed by atoms with Gasteiger partial charge >= 0.3 is 12.1 Å². The number of rotatable bonds is 9. The van der Waals surface area contributed by atoms with Gasteiger partial charge in [0.15, 0.2) is 13.2 Å². The minimum absolute atomic E-state index is 0.0282. The number of alkyl halides is 3. The molecule has 0 aromatic heterocycles. The molecule has 31 heavy (non-hydrogen) atoms. The molecule has 2 aromatic rings. The highest BCUT2D eigenvalue weighted by atomic mass is 32.2. The first kappa shape index (κ1) is 24.2. The first-order valence-electron chi connectivity index (χ1n) is 8.79. The highest BCUT2D eigenvalue weighted by molar-refractivity contribution is 7.89. The zero-order valence-corrected chi connectivity index (χ0v) is 16.8. The van der Waals surface area contributed by atoms with Gasteiger partial charge in [0.2, 0.25) is 10.0 Å². The fraction of sp³-hybridized carbons (Fsp3) is 0.263. The Balaban J connectivity index is 1.68. The highest BCUT2D eigenvalue weighted by Crippen LogP contribution is 2.31. The molecule has 0 aliphatic rings.